The van der Waals surface area contributed by atoms with Crippen molar-refractivity contribution < 1.29 is 19.1 Å². The van der Waals surface area contributed by atoms with Crippen LogP contribution in [0.2, 0.25) is 0 Å². The van der Waals surface area contributed by atoms with Gasteiger partial charge in [-0.1, -0.05) is 0 Å². The quantitative estimate of drug-likeness (QED) is 0.557. The van der Waals surface area contributed by atoms with Crippen molar-refractivity contribution >= 4 is 16.9 Å². The number of rotatable bonds is 2. The number of aromatic nitrogens is 1. The van der Waals surface area contributed by atoms with E-state index in [1.165, 1.54) is 7.11 Å². The Labute approximate surface area is 93.0 Å². The molecule has 4 heteroatoms. The fourth-order valence-electron chi connectivity index (χ4n) is 1.60. The summed E-state index contributed by atoms with van der Waals surface area (Å²) < 4.78 is 6.30. The smallest absolute Gasteiger partial charge is 0.337 e. The van der Waals surface area contributed by atoms with Crippen LogP contribution in [0.25, 0.3) is 10.9 Å². The zero-order chi connectivity index (χ0) is 11.5. The van der Waals surface area contributed by atoms with Crippen LogP contribution in [-0.4, -0.2) is 20.2 Å². The Morgan fingerprint density at radius 3 is 2.75 bits per heavy atom. The number of ether oxygens (including phenoxy) is 1. The molecule has 1 heterocycles. The summed E-state index contributed by atoms with van der Waals surface area (Å²) >= 11 is 0. The maximum absolute atomic E-state index is 11.4. The Hall–Kier alpha value is -2.10. The fraction of sp³-hybridized carbons (Fsp3) is 0.167. The average molecular weight is 218 g/mol. The molecule has 0 spiro atoms. The summed E-state index contributed by atoms with van der Waals surface area (Å²) in [4.78, 5) is 16.5. The van der Waals surface area contributed by atoms with Gasteiger partial charge >= 0.3 is 5.97 Å². The van der Waals surface area contributed by atoms with Crippen LogP contribution in [0.15, 0.2) is 36.5 Å². The van der Waals surface area contributed by atoms with E-state index in [0.717, 1.165) is 10.9 Å². The van der Waals surface area contributed by atoms with Crippen molar-refractivity contribution in [2.75, 3.05) is 14.2 Å². The van der Waals surface area contributed by atoms with Crippen LogP contribution >= 0.6 is 0 Å². The number of carbonyl (C=O) groups excluding carboxylic acids is 1. The Kier molecular flexibility index (Phi) is 2.72. The fourth-order valence-corrected chi connectivity index (χ4v) is 1.60. The molecule has 1 aromatic carbocycles. The van der Waals surface area contributed by atoms with Crippen molar-refractivity contribution in [3.05, 3.63) is 42.1 Å². The highest BCUT2D eigenvalue weighted by molar-refractivity contribution is 5.93. The van der Waals surface area contributed by atoms with E-state index in [9.17, 15) is 4.79 Å². The van der Waals surface area contributed by atoms with E-state index in [-0.39, 0.29) is 5.97 Å². The zero-order valence-corrected chi connectivity index (χ0v) is 9.14. The second-order valence-corrected chi connectivity index (χ2v) is 3.28. The summed E-state index contributed by atoms with van der Waals surface area (Å²) in [6.07, 6.45) is 1.81. The lowest BCUT2D eigenvalue weighted by Gasteiger charge is -2.00. The molecule has 0 amide bonds. The molecular formula is C12H12NO3+. The van der Waals surface area contributed by atoms with Crippen LogP contribution in [0.1, 0.15) is 10.4 Å². The number of pyridine rings is 1. The lowest BCUT2D eigenvalue weighted by Crippen LogP contribution is -2.40. The number of fused-ring (bicyclic) bond motifs is 1. The summed E-state index contributed by atoms with van der Waals surface area (Å²) in [5.41, 5.74) is 1.43. The monoisotopic (exact) mass is 218 g/mol. The number of hydrogen-bond acceptors (Lipinski definition) is 3. The molecular weight excluding hydrogens is 206 g/mol. The van der Waals surface area contributed by atoms with Crippen molar-refractivity contribution in [1.82, 2.24) is 0 Å². The molecule has 0 radical (unpaired) electrons. The summed E-state index contributed by atoms with van der Waals surface area (Å²) in [7, 11) is 2.96. The largest absolute Gasteiger partial charge is 0.465 e. The van der Waals surface area contributed by atoms with Gasteiger partial charge in [0.1, 0.15) is 7.11 Å². The number of hydrogen-bond donors (Lipinski definition) is 0. The molecule has 0 atom stereocenters. The van der Waals surface area contributed by atoms with Crippen LogP contribution in [-0.2, 0) is 4.74 Å². The zero-order valence-electron chi connectivity index (χ0n) is 9.14. The minimum atomic E-state index is -0.338. The van der Waals surface area contributed by atoms with Gasteiger partial charge in [-0.05, 0) is 18.2 Å². The lowest BCUT2D eigenvalue weighted by molar-refractivity contribution is -0.865. The molecule has 82 valence electrons. The van der Waals surface area contributed by atoms with Crippen LogP contribution in [0.5, 0.6) is 0 Å². The minimum absolute atomic E-state index is 0.338. The first-order chi connectivity index (χ1) is 7.76. The van der Waals surface area contributed by atoms with Gasteiger partial charge in [-0.2, -0.15) is 0 Å². The standard InChI is InChI=1S/C12H12NO3/c1-15-12(14)10-5-6-11-9(8-10)4-3-7-13(11)16-2/h3-8H,1-2H3/q+1. The molecule has 0 unspecified atom stereocenters. The van der Waals surface area contributed by atoms with Gasteiger partial charge in [0, 0.05) is 16.9 Å². The Morgan fingerprint density at radius 2 is 2.06 bits per heavy atom. The summed E-state index contributed by atoms with van der Waals surface area (Å²) in [5.74, 6) is -0.338. The third kappa shape index (κ3) is 1.69. The second kappa shape index (κ2) is 4.18. The topological polar surface area (TPSA) is 39.4 Å². The molecule has 0 saturated heterocycles. The molecule has 0 saturated carbocycles. The first kappa shape index (κ1) is 10.4. The molecule has 1 aromatic heterocycles. The van der Waals surface area contributed by atoms with Crippen molar-refractivity contribution in [3.63, 3.8) is 0 Å². The van der Waals surface area contributed by atoms with E-state index < -0.39 is 0 Å². The molecule has 0 N–H and O–H groups in total. The Morgan fingerprint density at radius 1 is 1.25 bits per heavy atom. The van der Waals surface area contributed by atoms with Gasteiger partial charge in [-0.3, -0.25) is 4.84 Å². The molecule has 0 bridgehead atoms. The van der Waals surface area contributed by atoms with Crippen LogP contribution in [0.3, 0.4) is 0 Å². The number of carbonyl (C=O) groups is 1. The van der Waals surface area contributed by atoms with Gasteiger partial charge in [0.25, 0.3) is 5.52 Å². The van der Waals surface area contributed by atoms with Gasteiger partial charge in [-0.25, -0.2) is 4.79 Å². The van der Waals surface area contributed by atoms with Gasteiger partial charge in [-0.15, -0.1) is 0 Å². The molecule has 4 nitrogen and oxygen atoms in total. The first-order valence-electron chi connectivity index (χ1n) is 4.83. The van der Waals surface area contributed by atoms with Crippen LogP contribution in [0.4, 0.5) is 0 Å². The minimum Gasteiger partial charge on any atom is -0.465 e. The highest BCUT2D eigenvalue weighted by Gasteiger charge is 2.12. The Balaban J connectivity index is 2.59. The van der Waals surface area contributed by atoms with Gasteiger partial charge < -0.3 is 4.74 Å². The van der Waals surface area contributed by atoms with Crippen molar-refractivity contribution in [1.29, 1.82) is 0 Å². The van der Waals surface area contributed by atoms with E-state index in [4.69, 9.17) is 4.84 Å². The number of esters is 1. The third-order valence-electron chi connectivity index (χ3n) is 2.38. The lowest BCUT2D eigenvalue weighted by atomic mass is 10.1. The van der Waals surface area contributed by atoms with Crippen molar-refractivity contribution in [2.45, 2.75) is 0 Å². The third-order valence-corrected chi connectivity index (χ3v) is 2.38. The summed E-state index contributed by atoms with van der Waals surface area (Å²) in [5, 5.41) is 0.923. The Bertz CT molecular complexity index is 537. The number of methoxy groups -OCH3 is 1. The van der Waals surface area contributed by atoms with E-state index in [1.807, 2.05) is 18.2 Å². The predicted octanol–water partition coefficient (Wildman–Crippen LogP) is 0.972. The second-order valence-electron chi connectivity index (χ2n) is 3.28. The normalized spacial score (nSPS) is 10.1. The van der Waals surface area contributed by atoms with E-state index in [2.05, 4.69) is 4.74 Å². The molecule has 16 heavy (non-hydrogen) atoms. The number of benzene rings is 1. The van der Waals surface area contributed by atoms with E-state index in [0.29, 0.717) is 5.56 Å². The van der Waals surface area contributed by atoms with E-state index >= 15 is 0 Å². The SMILES string of the molecule is COC(=O)c1ccc2c(ccc[n+]2OC)c1. The highest BCUT2D eigenvalue weighted by atomic mass is 16.6. The van der Waals surface area contributed by atoms with Crippen LogP contribution < -0.4 is 9.57 Å². The first-order valence-corrected chi connectivity index (χ1v) is 4.83. The van der Waals surface area contributed by atoms with Gasteiger partial charge in [0.05, 0.1) is 18.1 Å². The molecule has 0 aliphatic heterocycles. The average Bonchev–Trinajstić information content (AvgIpc) is 2.36. The summed E-state index contributed by atoms with van der Waals surface area (Å²) in [6.45, 7) is 0. The number of nitrogens with zero attached hydrogens (tertiary/aromatic N) is 1. The predicted molar refractivity (Wildman–Crippen MR) is 58.0 cm³/mol. The molecule has 0 aliphatic rings. The molecule has 2 aromatic rings. The molecule has 0 fully saturated rings. The maximum Gasteiger partial charge on any atom is 0.337 e. The maximum atomic E-state index is 11.4. The van der Waals surface area contributed by atoms with Gasteiger partial charge in [0.2, 0.25) is 6.20 Å². The van der Waals surface area contributed by atoms with E-state index in [1.54, 1.807) is 30.2 Å². The molecule has 0 aliphatic carbocycles. The summed E-state index contributed by atoms with van der Waals surface area (Å²) in [6, 6.07) is 9.08. The van der Waals surface area contributed by atoms with Crippen LogP contribution in [0, 0.1) is 0 Å². The molecule has 2 rings (SSSR count). The van der Waals surface area contributed by atoms with Gasteiger partial charge in [0.15, 0.2) is 0 Å². The van der Waals surface area contributed by atoms with Crippen molar-refractivity contribution in [3.8, 4) is 0 Å². The van der Waals surface area contributed by atoms with Crippen molar-refractivity contribution in [2.24, 2.45) is 0 Å². The highest BCUT2D eigenvalue weighted by Crippen LogP contribution is 2.12.